The molecule has 0 radical (unpaired) electrons. The second kappa shape index (κ2) is 6.53. The van der Waals surface area contributed by atoms with Crippen LogP contribution in [0.4, 0.5) is 36.3 Å². The molecule has 1 aromatic heterocycles. The van der Waals surface area contributed by atoms with Crippen LogP contribution in [0.15, 0.2) is 42.6 Å². The fourth-order valence-electron chi connectivity index (χ4n) is 2.03. The van der Waals surface area contributed by atoms with E-state index in [9.17, 15) is 13.2 Å². The third-order valence-corrected chi connectivity index (χ3v) is 3.13. The van der Waals surface area contributed by atoms with Gasteiger partial charge in [0.1, 0.15) is 0 Å². The number of nitrogens with one attached hydrogen (secondary N) is 2. The lowest BCUT2D eigenvalue weighted by atomic mass is 10.2. The predicted octanol–water partition coefficient (Wildman–Crippen LogP) is 4.08. The Morgan fingerprint density at radius 2 is 1.79 bits per heavy atom. The van der Waals surface area contributed by atoms with Gasteiger partial charge in [0.2, 0.25) is 5.95 Å². The molecule has 0 atom stereocenters. The van der Waals surface area contributed by atoms with Gasteiger partial charge >= 0.3 is 0 Å². The highest BCUT2D eigenvalue weighted by Gasteiger charge is 2.14. The summed E-state index contributed by atoms with van der Waals surface area (Å²) >= 11 is 0. The van der Waals surface area contributed by atoms with Crippen LogP contribution in [0.2, 0.25) is 0 Å². The van der Waals surface area contributed by atoms with Crippen LogP contribution in [-0.4, -0.2) is 15.2 Å². The molecule has 5 nitrogen and oxygen atoms in total. The zero-order chi connectivity index (χ0) is 17.1. The second-order valence-electron chi connectivity index (χ2n) is 5.01. The van der Waals surface area contributed by atoms with E-state index in [4.69, 9.17) is 0 Å². The average Bonchev–Trinajstić information content (AvgIpc) is 2.56. The summed E-state index contributed by atoms with van der Waals surface area (Å²) in [7, 11) is 0. The monoisotopic (exact) mass is 331 g/mol. The van der Waals surface area contributed by atoms with Crippen LogP contribution in [0.1, 0.15) is 5.56 Å². The Morgan fingerprint density at radius 3 is 2.58 bits per heavy atom. The summed E-state index contributed by atoms with van der Waals surface area (Å²) in [5.41, 5.74) is 1.56. The van der Waals surface area contributed by atoms with Crippen molar-refractivity contribution in [2.45, 2.75) is 6.92 Å². The van der Waals surface area contributed by atoms with Crippen molar-refractivity contribution in [1.29, 1.82) is 0 Å². The molecule has 3 rings (SSSR count). The largest absolute Gasteiger partial charge is 0.339 e. The molecule has 0 bridgehead atoms. The molecular weight excluding hydrogens is 319 g/mol. The summed E-state index contributed by atoms with van der Waals surface area (Å²) in [6.45, 7) is 1.95. The summed E-state index contributed by atoms with van der Waals surface area (Å²) in [5, 5.41) is 12.9. The summed E-state index contributed by atoms with van der Waals surface area (Å²) in [6.07, 6.45) is 1.38. The Bertz CT molecular complexity index is 885. The highest BCUT2D eigenvalue weighted by atomic mass is 19.2. The fourth-order valence-corrected chi connectivity index (χ4v) is 2.03. The summed E-state index contributed by atoms with van der Waals surface area (Å²) in [6, 6.07) is 9.44. The Kier molecular flexibility index (Phi) is 4.28. The maximum atomic E-state index is 13.7. The van der Waals surface area contributed by atoms with Gasteiger partial charge in [0.15, 0.2) is 23.3 Å². The number of rotatable bonds is 4. The first-order chi connectivity index (χ1) is 11.5. The first-order valence-electron chi connectivity index (χ1n) is 6.97. The van der Waals surface area contributed by atoms with Crippen molar-refractivity contribution in [2.75, 3.05) is 10.6 Å². The minimum atomic E-state index is -1.57. The number of nitrogens with zero attached hydrogens (tertiary/aromatic N) is 3. The Balaban J connectivity index is 1.82. The van der Waals surface area contributed by atoms with Gasteiger partial charge < -0.3 is 10.6 Å². The summed E-state index contributed by atoms with van der Waals surface area (Å²) in [5.74, 6) is -3.89. The van der Waals surface area contributed by atoms with Gasteiger partial charge in [0, 0.05) is 5.69 Å². The Hall–Kier alpha value is -3.16. The predicted molar refractivity (Wildman–Crippen MR) is 83.9 cm³/mol. The molecule has 0 aliphatic rings. The SMILES string of the molecule is Cc1cccc(Nc2cnnc(Nc3ccc(F)c(F)c3F)n2)c1. The van der Waals surface area contributed by atoms with E-state index >= 15 is 0 Å². The molecule has 8 heteroatoms. The van der Waals surface area contributed by atoms with Crippen molar-refractivity contribution in [2.24, 2.45) is 0 Å². The van der Waals surface area contributed by atoms with Gasteiger partial charge in [-0.15, -0.1) is 5.10 Å². The van der Waals surface area contributed by atoms with Gasteiger partial charge in [-0.2, -0.15) is 10.1 Å². The van der Waals surface area contributed by atoms with Crippen molar-refractivity contribution in [3.8, 4) is 0 Å². The highest BCUT2D eigenvalue weighted by Crippen LogP contribution is 2.22. The number of aromatic nitrogens is 3. The smallest absolute Gasteiger partial charge is 0.249 e. The number of anilines is 4. The van der Waals surface area contributed by atoms with Gasteiger partial charge in [-0.25, -0.2) is 13.2 Å². The van der Waals surface area contributed by atoms with E-state index in [2.05, 4.69) is 25.8 Å². The molecule has 0 amide bonds. The number of hydrogen-bond acceptors (Lipinski definition) is 5. The fraction of sp³-hybridized carbons (Fsp3) is 0.0625. The molecule has 2 aromatic carbocycles. The van der Waals surface area contributed by atoms with Gasteiger partial charge in [-0.1, -0.05) is 12.1 Å². The van der Waals surface area contributed by atoms with E-state index in [1.54, 1.807) is 0 Å². The van der Waals surface area contributed by atoms with Crippen LogP contribution in [0, 0.1) is 24.4 Å². The highest BCUT2D eigenvalue weighted by molar-refractivity contribution is 5.59. The van der Waals surface area contributed by atoms with Crippen molar-refractivity contribution < 1.29 is 13.2 Å². The quantitative estimate of drug-likeness (QED) is 0.705. The molecule has 0 saturated carbocycles. The first-order valence-corrected chi connectivity index (χ1v) is 6.97. The van der Waals surface area contributed by atoms with E-state index in [0.717, 1.165) is 23.4 Å². The number of halogens is 3. The molecule has 0 aliphatic heterocycles. The summed E-state index contributed by atoms with van der Waals surface area (Å²) < 4.78 is 39.9. The first kappa shape index (κ1) is 15.7. The number of aryl methyl sites for hydroxylation is 1. The standard InChI is InChI=1S/C16H12F3N5/c1-9-3-2-4-10(7-9)21-13-8-20-24-16(23-13)22-12-6-5-11(17)14(18)15(12)19/h2-8H,1H3,(H2,21,22,23,24). The number of hydrogen-bond donors (Lipinski definition) is 2. The lowest BCUT2D eigenvalue weighted by molar-refractivity contribution is 0.449. The molecule has 0 unspecified atom stereocenters. The normalized spacial score (nSPS) is 10.5. The van der Waals surface area contributed by atoms with Crippen LogP contribution < -0.4 is 10.6 Å². The molecular formula is C16H12F3N5. The van der Waals surface area contributed by atoms with Crippen LogP contribution in [0.5, 0.6) is 0 Å². The molecule has 24 heavy (non-hydrogen) atoms. The van der Waals surface area contributed by atoms with Crippen molar-refractivity contribution in [1.82, 2.24) is 15.2 Å². The minimum Gasteiger partial charge on any atom is -0.339 e. The van der Waals surface area contributed by atoms with Crippen molar-refractivity contribution in [3.63, 3.8) is 0 Å². The molecule has 0 saturated heterocycles. The van der Waals surface area contributed by atoms with Gasteiger partial charge in [0.25, 0.3) is 0 Å². The van der Waals surface area contributed by atoms with Gasteiger partial charge in [0.05, 0.1) is 11.9 Å². The van der Waals surface area contributed by atoms with Crippen molar-refractivity contribution in [3.05, 3.63) is 65.6 Å². The van der Waals surface area contributed by atoms with E-state index in [-0.39, 0.29) is 11.6 Å². The number of benzene rings is 2. The molecule has 0 spiro atoms. The minimum absolute atomic E-state index is 0.0578. The van der Waals surface area contributed by atoms with Crippen molar-refractivity contribution >= 4 is 23.1 Å². The molecule has 1 heterocycles. The van der Waals surface area contributed by atoms with E-state index in [0.29, 0.717) is 5.82 Å². The van der Waals surface area contributed by atoms with Crippen LogP contribution >= 0.6 is 0 Å². The molecule has 122 valence electrons. The Labute approximate surface area is 135 Å². The van der Waals surface area contributed by atoms with Crippen LogP contribution in [0.25, 0.3) is 0 Å². The third-order valence-electron chi connectivity index (χ3n) is 3.13. The third kappa shape index (κ3) is 3.43. The zero-order valence-corrected chi connectivity index (χ0v) is 12.5. The van der Waals surface area contributed by atoms with E-state index < -0.39 is 17.5 Å². The molecule has 0 fully saturated rings. The lowest BCUT2D eigenvalue weighted by Crippen LogP contribution is -2.05. The zero-order valence-electron chi connectivity index (χ0n) is 12.5. The topological polar surface area (TPSA) is 62.7 Å². The Morgan fingerprint density at radius 1 is 0.958 bits per heavy atom. The van der Waals surface area contributed by atoms with Crippen LogP contribution in [-0.2, 0) is 0 Å². The van der Waals surface area contributed by atoms with E-state index in [1.165, 1.54) is 6.20 Å². The molecule has 2 N–H and O–H groups in total. The van der Waals surface area contributed by atoms with Crippen LogP contribution in [0.3, 0.4) is 0 Å². The van der Waals surface area contributed by atoms with Gasteiger partial charge in [-0.3, -0.25) is 0 Å². The molecule has 3 aromatic rings. The average molecular weight is 331 g/mol. The maximum absolute atomic E-state index is 13.7. The van der Waals surface area contributed by atoms with E-state index in [1.807, 2.05) is 31.2 Å². The van der Waals surface area contributed by atoms with Gasteiger partial charge in [-0.05, 0) is 36.8 Å². The summed E-state index contributed by atoms with van der Waals surface area (Å²) in [4.78, 5) is 4.11. The lowest BCUT2D eigenvalue weighted by Gasteiger charge is -2.09. The second-order valence-corrected chi connectivity index (χ2v) is 5.01. The molecule has 0 aliphatic carbocycles. The maximum Gasteiger partial charge on any atom is 0.249 e.